The summed E-state index contributed by atoms with van der Waals surface area (Å²) in [5.74, 6) is 1.61. The van der Waals surface area contributed by atoms with E-state index in [1.165, 1.54) is 25.7 Å². The Balaban J connectivity index is 1.81. The summed E-state index contributed by atoms with van der Waals surface area (Å²) >= 11 is 6.30. The molecule has 2 aromatic rings. The monoisotopic (exact) mass is 306 g/mol. The third-order valence-electron chi connectivity index (χ3n) is 4.78. The number of hydrogen-bond acceptors (Lipinski definition) is 5. The van der Waals surface area contributed by atoms with Gasteiger partial charge in [-0.25, -0.2) is 0 Å². The van der Waals surface area contributed by atoms with Crippen molar-refractivity contribution in [3.05, 3.63) is 17.0 Å². The summed E-state index contributed by atoms with van der Waals surface area (Å²) in [6.07, 6.45) is 4.12. The molecule has 2 saturated heterocycles. The first kappa shape index (κ1) is 13.3. The minimum Gasteiger partial charge on any atom is -0.351 e. The van der Waals surface area contributed by atoms with E-state index in [0.29, 0.717) is 23.0 Å². The van der Waals surface area contributed by atoms with E-state index in [-0.39, 0.29) is 0 Å². The predicted molar refractivity (Wildman–Crippen MR) is 81.9 cm³/mol. The van der Waals surface area contributed by atoms with Crippen LogP contribution in [0.2, 0.25) is 5.15 Å². The number of piperazine rings is 1. The number of nitrogens with zero attached hydrogens (tertiary/aromatic N) is 6. The van der Waals surface area contributed by atoms with Crippen LogP contribution in [0.3, 0.4) is 0 Å². The second-order valence-electron chi connectivity index (χ2n) is 6.12. The van der Waals surface area contributed by atoms with E-state index in [0.717, 1.165) is 24.5 Å². The molecule has 0 amide bonds. The lowest BCUT2D eigenvalue weighted by atomic mass is 10.1. The van der Waals surface area contributed by atoms with E-state index in [2.05, 4.69) is 31.8 Å². The Morgan fingerprint density at radius 2 is 2.19 bits per heavy atom. The van der Waals surface area contributed by atoms with Crippen molar-refractivity contribution in [1.29, 1.82) is 0 Å². The quantitative estimate of drug-likeness (QED) is 0.751. The lowest BCUT2D eigenvalue weighted by Crippen LogP contribution is -2.55. The van der Waals surface area contributed by atoms with E-state index in [1.807, 2.05) is 11.4 Å². The van der Waals surface area contributed by atoms with E-state index < -0.39 is 0 Å². The molecule has 0 saturated carbocycles. The highest BCUT2D eigenvalue weighted by atomic mass is 35.5. The summed E-state index contributed by atoms with van der Waals surface area (Å²) in [6, 6.07) is 1.08. The molecule has 0 aromatic carbocycles. The molecule has 4 heterocycles. The van der Waals surface area contributed by atoms with Crippen LogP contribution >= 0.6 is 11.6 Å². The van der Waals surface area contributed by atoms with Crippen LogP contribution < -0.4 is 4.90 Å². The van der Waals surface area contributed by atoms with Crippen LogP contribution in [0, 0.1) is 6.92 Å². The summed E-state index contributed by atoms with van der Waals surface area (Å²) in [7, 11) is 0. The molecule has 112 valence electrons. The average Bonchev–Trinajstić information content (AvgIpc) is 3.08. The number of halogens is 1. The van der Waals surface area contributed by atoms with Crippen LogP contribution in [-0.4, -0.2) is 56.2 Å². The van der Waals surface area contributed by atoms with Crippen molar-refractivity contribution in [2.24, 2.45) is 0 Å². The maximum absolute atomic E-state index is 6.30. The number of rotatable bonds is 1. The van der Waals surface area contributed by atoms with Gasteiger partial charge in [-0.3, -0.25) is 4.90 Å². The zero-order valence-corrected chi connectivity index (χ0v) is 13.1. The molecule has 2 atom stereocenters. The van der Waals surface area contributed by atoms with Crippen molar-refractivity contribution in [3.8, 4) is 0 Å². The Kier molecular flexibility index (Phi) is 3.04. The highest BCUT2D eigenvalue weighted by molar-refractivity contribution is 6.30. The van der Waals surface area contributed by atoms with Crippen molar-refractivity contribution >= 4 is 23.2 Å². The lowest BCUT2D eigenvalue weighted by molar-refractivity contribution is 0.201. The van der Waals surface area contributed by atoms with Crippen LogP contribution in [-0.2, 0) is 0 Å². The fourth-order valence-corrected chi connectivity index (χ4v) is 3.86. The Hall–Kier alpha value is -1.40. The molecular weight excluding hydrogens is 288 g/mol. The Bertz CT molecular complexity index is 683. The van der Waals surface area contributed by atoms with Gasteiger partial charge in [-0.2, -0.15) is 19.6 Å². The van der Waals surface area contributed by atoms with Crippen molar-refractivity contribution in [2.45, 2.75) is 38.8 Å². The number of hydrogen-bond donors (Lipinski definition) is 0. The number of fused-ring (bicyclic) bond motifs is 2. The van der Waals surface area contributed by atoms with Crippen molar-refractivity contribution in [2.75, 3.05) is 24.5 Å². The highest BCUT2D eigenvalue weighted by Gasteiger charge is 2.36. The standard InChI is InChI=1S/C14H19ClN6/c1-9-6-19-5-3-4-11(19)7-20(9)13-10(2)12(15)18-14-16-8-17-21(13)14/h8-9,11H,3-7H2,1-2H3. The molecule has 2 aliphatic rings. The van der Waals surface area contributed by atoms with Gasteiger partial charge in [-0.1, -0.05) is 11.6 Å². The van der Waals surface area contributed by atoms with Gasteiger partial charge in [0, 0.05) is 30.7 Å². The smallest absolute Gasteiger partial charge is 0.255 e. The van der Waals surface area contributed by atoms with Gasteiger partial charge in [-0.05, 0) is 33.2 Å². The maximum Gasteiger partial charge on any atom is 0.255 e. The van der Waals surface area contributed by atoms with Crippen molar-refractivity contribution in [3.63, 3.8) is 0 Å². The molecule has 0 radical (unpaired) electrons. The summed E-state index contributed by atoms with van der Waals surface area (Å²) in [4.78, 5) is 13.5. The van der Waals surface area contributed by atoms with Gasteiger partial charge in [-0.15, -0.1) is 0 Å². The summed E-state index contributed by atoms with van der Waals surface area (Å²) < 4.78 is 1.82. The number of anilines is 1. The SMILES string of the molecule is Cc1c(Cl)nc2ncnn2c1N1CC2CCCN2CC1C. The van der Waals surface area contributed by atoms with Gasteiger partial charge in [0.25, 0.3) is 5.78 Å². The van der Waals surface area contributed by atoms with Gasteiger partial charge in [0.1, 0.15) is 17.3 Å². The molecule has 0 bridgehead atoms. The van der Waals surface area contributed by atoms with Crippen LogP contribution in [0.25, 0.3) is 5.78 Å². The Morgan fingerprint density at radius 1 is 1.33 bits per heavy atom. The van der Waals surface area contributed by atoms with Crippen LogP contribution in [0.5, 0.6) is 0 Å². The molecular formula is C14H19ClN6. The van der Waals surface area contributed by atoms with Crippen LogP contribution in [0.15, 0.2) is 6.33 Å². The highest BCUT2D eigenvalue weighted by Crippen LogP contribution is 2.32. The van der Waals surface area contributed by atoms with Crippen molar-refractivity contribution in [1.82, 2.24) is 24.5 Å². The Morgan fingerprint density at radius 3 is 3.05 bits per heavy atom. The molecule has 0 aliphatic carbocycles. The third kappa shape index (κ3) is 2.00. The molecule has 2 unspecified atom stereocenters. The first-order chi connectivity index (χ1) is 10.1. The van der Waals surface area contributed by atoms with Crippen molar-refractivity contribution < 1.29 is 0 Å². The Labute approximate surface area is 128 Å². The maximum atomic E-state index is 6.30. The molecule has 2 aliphatic heterocycles. The molecule has 2 aromatic heterocycles. The minimum absolute atomic E-state index is 0.434. The summed E-state index contributed by atoms with van der Waals surface area (Å²) in [6.45, 7) is 7.64. The first-order valence-corrected chi connectivity index (χ1v) is 7.89. The van der Waals surface area contributed by atoms with Crippen LogP contribution in [0.1, 0.15) is 25.3 Å². The fraction of sp³-hybridized carbons (Fsp3) is 0.643. The molecule has 6 nitrogen and oxygen atoms in total. The summed E-state index contributed by atoms with van der Waals surface area (Å²) in [5.41, 5.74) is 0.980. The van der Waals surface area contributed by atoms with Gasteiger partial charge >= 0.3 is 0 Å². The average molecular weight is 307 g/mol. The van der Waals surface area contributed by atoms with E-state index in [1.54, 1.807) is 0 Å². The topological polar surface area (TPSA) is 49.6 Å². The number of aromatic nitrogens is 4. The van der Waals surface area contributed by atoms with Gasteiger partial charge in [0.05, 0.1) is 0 Å². The normalized spacial score (nSPS) is 26.5. The fourth-order valence-electron chi connectivity index (χ4n) is 3.70. The largest absolute Gasteiger partial charge is 0.351 e. The van der Waals surface area contributed by atoms with Gasteiger partial charge in [0.2, 0.25) is 0 Å². The first-order valence-electron chi connectivity index (χ1n) is 7.51. The second-order valence-corrected chi connectivity index (χ2v) is 6.47. The van der Waals surface area contributed by atoms with E-state index in [9.17, 15) is 0 Å². The van der Waals surface area contributed by atoms with E-state index >= 15 is 0 Å². The van der Waals surface area contributed by atoms with Gasteiger partial charge < -0.3 is 4.90 Å². The zero-order valence-electron chi connectivity index (χ0n) is 12.3. The predicted octanol–water partition coefficient (Wildman–Crippen LogP) is 1.76. The third-order valence-corrected chi connectivity index (χ3v) is 5.15. The zero-order chi connectivity index (χ0) is 14.6. The summed E-state index contributed by atoms with van der Waals surface area (Å²) in [5, 5.41) is 4.86. The molecule has 0 N–H and O–H groups in total. The molecule has 2 fully saturated rings. The molecule has 21 heavy (non-hydrogen) atoms. The minimum atomic E-state index is 0.434. The van der Waals surface area contributed by atoms with Gasteiger partial charge in [0.15, 0.2) is 0 Å². The molecule has 0 spiro atoms. The second kappa shape index (κ2) is 4.81. The van der Waals surface area contributed by atoms with Crippen LogP contribution in [0.4, 0.5) is 5.82 Å². The molecule has 7 heteroatoms. The molecule has 4 rings (SSSR count). The lowest BCUT2D eigenvalue weighted by Gasteiger charge is -2.43. The van der Waals surface area contributed by atoms with E-state index in [4.69, 9.17) is 11.6 Å².